The molecular weight excluding hydrogens is 242 g/mol. The van der Waals surface area contributed by atoms with Crippen molar-refractivity contribution in [3.8, 4) is 5.75 Å². The molecule has 0 fully saturated rings. The highest BCUT2D eigenvalue weighted by Gasteiger charge is 2.21. The molecule has 0 saturated carbocycles. The van der Waals surface area contributed by atoms with Gasteiger partial charge in [0, 0.05) is 0 Å². The third-order valence-corrected chi connectivity index (χ3v) is 3.30. The number of methoxy groups -OCH3 is 1. The predicted octanol–water partition coefficient (Wildman–Crippen LogP) is 1.17. The zero-order valence-electron chi connectivity index (χ0n) is 12.4. The number of quaternary nitrogens is 1. The van der Waals surface area contributed by atoms with E-state index in [2.05, 4.69) is 27.8 Å². The number of nitrogens with one attached hydrogen (secondary N) is 1. The molecule has 0 aliphatic heterocycles. The van der Waals surface area contributed by atoms with E-state index >= 15 is 0 Å². The largest absolute Gasteiger partial charge is 0.497 e. The summed E-state index contributed by atoms with van der Waals surface area (Å²) in [5.74, 6) is 0.354. The fourth-order valence-corrected chi connectivity index (χ4v) is 1.51. The van der Waals surface area contributed by atoms with Crippen LogP contribution >= 0.6 is 0 Å². The van der Waals surface area contributed by atoms with Crippen LogP contribution in [0.1, 0.15) is 31.1 Å². The summed E-state index contributed by atoms with van der Waals surface area (Å²) in [6.45, 7) is 7.68. The molecule has 0 aliphatic rings. The van der Waals surface area contributed by atoms with Crippen molar-refractivity contribution in [1.29, 1.82) is 0 Å². The van der Waals surface area contributed by atoms with Crippen LogP contribution in [-0.2, 0) is 4.74 Å². The molecule has 4 heteroatoms. The molecule has 19 heavy (non-hydrogen) atoms. The summed E-state index contributed by atoms with van der Waals surface area (Å²) in [6, 6.07) is 6.99. The van der Waals surface area contributed by atoms with Gasteiger partial charge in [-0.05, 0) is 39.0 Å². The molecule has 0 radical (unpaired) electrons. The molecule has 0 bridgehead atoms. The van der Waals surface area contributed by atoms with Gasteiger partial charge in [-0.2, -0.15) is 0 Å². The Kier molecular flexibility index (Phi) is 5.36. The molecule has 1 unspecified atom stereocenters. The quantitative estimate of drug-likeness (QED) is 0.813. The molecule has 0 aliphatic carbocycles. The molecule has 1 N–H and O–H groups in total. The number of rotatable bonds is 5. The Morgan fingerprint density at radius 1 is 1.32 bits per heavy atom. The van der Waals surface area contributed by atoms with Crippen molar-refractivity contribution in [3.63, 3.8) is 0 Å². The van der Waals surface area contributed by atoms with Crippen LogP contribution in [0.2, 0.25) is 0 Å². The van der Waals surface area contributed by atoms with E-state index in [-0.39, 0.29) is 11.5 Å². The maximum Gasteiger partial charge on any atom is 0.338 e. The van der Waals surface area contributed by atoms with E-state index in [1.807, 2.05) is 0 Å². The average Bonchev–Trinajstić information content (AvgIpc) is 2.37. The second-order valence-electron chi connectivity index (χ2n) is 5.65. The van der Waals surface area contributed by atoms with Gasteiger partial charge in [-0.25, -0.2) is 4.79 Å². The summed E-state index contributed by atoms with van der Waals surface area (Å²) < 4.78 is 10.4. The van der Waals surface area contributed by atoms with Crippen LogP contribution in [-0.4, -0.2) is 38.8 Å². The molecule has 0 heterocycles. The van der Waals surface area contributed by atoms with Gasteiger partial charge in [0.2, 0.25) is 0 Å². The molecule has 4 nitrogen and oxygen atoms in total. The highest BCUT2D eigenvalue weighted by molar-refractivity contribution is 5.89. The molecule has 1 aromatic rings. The Morgan fingerprint density at radius 3 is 2.58 bits per heavy atom. The normalized spacial score (nSPS) is 12.9. The van der Waals surface area contributed by atoms with E-state index in [1.165, 1.54) is 4.90 Å². The van der Waals surface area contributed by atoms with Crippen molar-refractivity contribution in [2.45, 2.75) is 26.3 Å². The summed E-state index contributed by atoms with van der Waals surface area (Å²) in [4.78, 5) is 13.2. The van der Waals surface area contributed by atoms with Crippen molar-refractivity contribution in [2.75, 3.05) is 27.3 Å². The first-order valence-electron chi connectivity index (χ1n) is 6.48. The lowest BCUT2D eigenvalue weighted by atomic mass is 10.1. The van der Waals surface area contributed by atoms with Crippen LogP contribution in [0.15, 0.2) is 24.3 Å². The smallest absolute Gasteiger partial charge is 0.338 e. The van der Waals surface area contributed by atoms with Gasteiger partial charge >= 0.3 is 5.97 Å². The fraction of sp³-hybridized carbons (Fsp3) is 0.533. The molecule has 0 spiro atoms. The maximum atomic E-state index is 11.9. The van der Waals surface area contributed by atoms with Gasteiger partial charge in [-0.1, -0.05) is 6.07 Å². The van der Waals surface area contributed by atoms with Gasteiger partial charge in [0.05, 0.1) is 25.3 Å². The van der Waals surface area contributed by atoms with E-state index in [0.29, 0.717) is 17.9 Å². The minimum Gasteiger partial charge on any atom is -0.497 e. The predicted molar refractivity (Wildman–Crippen MR) is 74.8 cm³/mol. The number of hydrogen-bond donors (Lipinski definition) is 1. The average molecular weight is 266 g/mol. The minimum atomic E-state index is -0.305. The third kappa shape index (κ3) is 4.91. The highest BCUT2D eigenvalue weighted by atomic mass is 16.5. The molecule has 1 aromatic carbocycles. The zero-order valence-corrected chi connectivity index (χ0v) is 12.4. The number of carbonyl (C=O) groups is 1. The number of esters is 1. The monoisotopic (exact) mass is 266 g/mol. The Bertz CT molecular complexity index is 424. The first-order chi connectivity index (χ1) is 8.84. The van der Waals surface area contributed by atoms with E-state index in [0.717, 1.165) is 6.54 Å². The van der Waals surface area contributed by atoms with Gasteiger partial charge < -0.3 is 14.4 Å². The SMILES string of the molecule is COc1cccc(C(=O)OCC[NH+](C)C(C)(C)C)c1. The van der Waals surface area contributed by atoms with Crippen LogP contribution in [0.5, 0.6) is 5.75 Å². The minimum absolute atomic E-state index is 0.155. The Morgan fingerprint density at radius 2 is 2.00 bits per heavy atom. The van der Waals surface area contributed by atoms with Crippen LogP contribution in [0, 0.1) is 0 Å². The second-order valence-corrected chi connectivity index (χ2v) is 5.65. The van der Waals surface area contributed by atoms with E-state index < -0.39 is 0 Å². The van der Waals surface area contributed by atoms with Gasteiger partial charge in [0.1, 0.15) is 18.9 Å². The third-order valence-electron chi connectivity index (χ3n) is 3.30. The lowest BCUT2D eigenvalue weighted by Crippen LogP contribution is -3.16. The number of benzene rings is 1. The fourth-order valence-electron chi connectivity index (χ4n) is 1.51. The number of carbonyl (C=O) groups excluding carboxylic acids is 1. The van der Waals surface area contributed by atoms with Crippen LogP contribution in [0.4, 0.5) is 0 Å². The summed E-state index contributed by atoms with van der Waals surface area (Å²) in [5, 5.41) is 0. The number of likely N-dealkylation sites (N-methyl/N-ethyl adjacent to an activating group) is 1. The number of hydrogen-bond acceptors (Lipinski definition) is 3. The first-order valence-corrected chi connectivity index (χ1v) is 6.48. The van der Waals surface area contributed by atoms with Crippen molar-refractivity contribution in [1.82, 2.24) is 0 Å². The summed E-state index contributed by atoms with van der Waals surface area (Å²) in [6.07, 6.45) is 0. The maximum absolute atomic E-state index is 11.9. The van der Waals surface area contributed by atoms with E-state index in [1.54, 1.807) is 31.4 Å². The van der Waals surface area contributed by atoms with Crippen molar-refractivity contribution >= 4 is 5.97 Å². The standard InChI is InChI=1S/C15H23NO3/c1-15(2,3)16(4)9-10-19-14(17)12-7-6-8-13(11-12)18-5/h6-8,11H,9-10H2,1-5H3/p+1. The summed E-state index contributed by atoms with van der Waals surface area (Å²) >= 11 is 0. The summed E-state index contributed by atoms with van der Waals surface area (Å²) in [5.41, 5.74) is 0.676. The molecule has 0 aromatic heterocycles. The van der Waals surface area contributed by atoms with Crippen molar-refractivity contribution in [2.24, 2.45) is 0 Å². The van der Waals surface area contributed by atoms with Gasteiger partial charge in [0.25, 0.3) is 0 Å². The van der Waals surface area contributed by atoms with Gasteiger partial charge in [-0.3, -0.25) is 0 Å². The topological polar surface area (TPSA) is 40.0 Å². The molecular formula is C15H24NO3+. The van der Waals surface area contributed by atoms with Crippen LogP contribution < -0.4 is 9.64 Å². The molecule has 1 rings (SSSR count). The Hall–Kier alpha value is -1.55. The van der Waals surface area contributed by atoms with Crippen LogP contribution in [0.25, 0.3) is 0 Å². The lowest BCUT2D eigenvalue weighted by Gasteiger charge is -2.28. The van der Waals surface area contributed by atoms with Crippen LogP contribution in [0.3, 0.4) is 0 Å². The van der Waals surface area contributed by atoms with Gasteiger partial charge in [-0.15, -0.1) is 0 Å². The molecule has 0 saturated heterocycles. The first kappa shape index (κ1) is 15.5. The second kappa shape index (κ2) is 6.57. The lowest BCUT2D eigenvalue weighted by molar-refractivity contribution is -0.927. The molecule has 0 amide bonds. The Balaban J connectivity index is 2.47. The van der Waals surface area contributed by atoms with Crippen molar-refractivity contribution in [3.05, 3.63) is 29.8 Å². The molecule has 1 atom stereocenters. The van der Waals surface area contributed by atoms with E-state index in [4.69, 9.17) is 9.47 Å². The molecule has 106 valence electrons. The Labute approximate surface area is 115 Å². The van der Waals surface area contributed by atoms with E-state index in [9.17, 15) is 4.79 Å². The number of ether oxygens (including phenoxy) is 2. The zero-order chi connectivity index (χ0) is 14.5. The van der Waals surface area contributed by atoms with Crippen molar-refractivity contribution < 1.29 is 19.2 Å². The summed E-state index contributed by atoms with van der Waals surface area (Å²) in [7, 11) is 3.67. The highest BCUT2D eigenvalue weighted by Crippen LogP contribution is 2.13. The van der Waals surface area contributed by atoms with Gasteiger partial charge in [0.15, 0.2) is 0 Å².